The fourth-order valence-electron chi connectivity index (χ4n) is 6.14. The van der Waals surface area contributed by atoms with E-state index in [0.29, 0.717) is 28.3 Å². The van der Waals surface area contributed by atoms with Gasteiger partial charge in [-0.2, -0.15) is 0 Å². The van der Waals surface area contributed by atoms with Crippen LogP contribution < -0.4 is 0 Å². The number of aliphatic hydroxyl groups excluding tert-OH is 1. The molecule has 0 saturated carbocycles. The van der Waals surface area contributed by atoms with Gasteiger partial charge in [-0.1, -0.05) is 72.8 Å². The van der Waals surface area contributed by atoms with E-state index in [1.54, 1.807) is 36.5 Å². The van der Waals surface area contributed by atoms with Crippen LogP contribution in [0.4, 0.5) is 0 Å². The number of aromatic carboxylic acids is 1. The summed E-state index contributed by atoms with van der Waals surface area (Å²) in [6, 6.07) is 33.3. The van der Waals surface area contributed by atoms with Crippen LogP contribution in [-0.4, -0.2) is 49.7 Å². The number of thioether (sulfide) groups is 1. The minimum atomic E-state index is -1.03. The number of aliphatic hydroxyl groups is 1. The molecule has 2 aliphatic rings. The first-order chi connectivity index (χ1) is 23.9. The number of carbonyl (C=O) groups excluding carboxylic acids is 2. The number of amides is 2. The maximum atomic E-state index is 13.0. The number of carboxylic acids is 1. The first-order valence-electron chi connectivity index (χ1n) is 15.8. The van der Waals surface area contributed by atoms with E-state index >= 15 is 0 Å². The van der Waals surface area contributed by atoms with E-state index in [-0.39, 0.29) is 42.7 Å². The molecule has 49 heavy (non-hydrogen) atoms. The Morgan fingerprint density at radius 3 is 2.22 bits per heavy atom. The van der Waals surface area contributed by atoms with Crippen LogP contribution in [-0.2, 0) is 22.6 Å². The van der Waals surface area contributed by atoms with E-state index in [1.165, 1.54) is 22.7 Å². The van der Waals surface area contributed by atoms with Crippen LogP contribution in [0.25, 0.3) is 11.1 Å². The summed E-state index contributed by atoms with van der Waals surface area (Å²) in [7, 11) is 0. The molecule has 3 atom stereocenters. The summed E-state index contributed by atoms with van der Waals surface area (Å²) < 4.78 is 13.1. The minimum absolute atomic E-state index is 0.0565. The lowest BCUT2D eigenvalue weighted by Crippen LogP contribution is -2.31. The second-order valence-corrected chi connectivity index (χ2v) is 12.9. The lowest BCUT2D eigenvalue weighted by atomic mass is 9.99. The van der Waals surface area contributed by atoms with Gasteiger partial charge in [-0.3, -0.25) is 14.5 Å². The van der Waals surface area contributed by atoms with Crippen molar-refractivity contribution in [2.45, 2.75) is 43.1 Å². The molecule has 0 spiro atoms. The van der Waals surface area contributed by atoms with Gasteiger partial charge in [0.05, 0.1) is 42.0 Å². The molecule has 5 aromatic rings. The van der Waals surface area contributed by atoms with Gasteiger partial charge in [0.25, 0.3) is 11.8 Å². The molecule has 0 radical (unpaired) electrons. The number of carboxylic acid groups (broad SMARTS) is 1. The molecule has 7 rings (SSSR count). The summed E-state index contributed by atoms with van der Waals surface area (Å²) in [6.07, 6.45) is 0.796. The molecule has 2 N–H and O–H groups in total. The molecule has 9 nitrogen and oxygen atoms in total. The summed E-state index contributed by atoms with van der Waals surface area (Å²) in [6.45, 7) is 0.101. The normalized spacial score (nSPS) is 18.8. The number of hydrogen-bond donors (Lipinski definition) is 2. The lowest BCUT2D eigenvalue weighted by molar-refractivity contribution is -0.245. The quantitative estimate of drug-likeness (QED) is 0.118. The van der Waals surface area contributed by atoms with Crippen molar-refractivity contribution in [1.82, 2.24) is 9.88 Å². The van der Waals surface area contributed by atoms with Crippen molar-refractivity contribution in [3.8, 4) is 11.1 Å². The highest BCUT2D eigenvalue weighted by Crippen LogP contribution is 2.40. The Hall–Kier alpha value is -5.13. The largest absolute Gasteiger partial charge is 0.478 e. The second-order valence-electron chi connectivity index (χ2n) is 11.9. The molecule has 3 heterocycles. The van der Waals surface area contributed by atoms with Crippen molar-refractivity contribution < 1.29 is 34.1 Å². The van der Waals surface area contributed by atoms with Gasteiger partial charge in [-0.15, -0.1) is 11.8 Å². The van der Waals surface area contributed by atoms with Crippen molar-refractivity contribution in [2.75, 3.05) is 5.75 Å². The van der Waals surface area contributed by atoms with E-state index in [4.69, 9.17) is 9.47 Å². The fraction of sp³-hybridized carbons (Fsp3) is 0.179. The van der Waals surface area contributed by atoms with Gasteiger partial charge in [0.15, 0.2) is 6.29 Å². The molecule has 4 aromatic carbocycles. The monoisotopic (exact) mass is 672 g/mol. The van der Waals surface area contributed by atoms with Gasteiger partial charge in [0.1, 0.15) is 5.03 Å². The second kappa shape index (κ2) is 14.2. The molecule has 0 aliphatic carbocycles. The number of aromatic nitrogens is 1. The van der Waals surface area contributed by atoms with E-state index < -0.39 is 12.3 Å². The van der Waals surface area contributed by atoms with Crippen molar-refractivity contribution in [1.29, 1.82) is 0 Å². The average Bonchev–Trinajstić information content (AvgIpc) is 3.38. The van der Waals surface area contributed by atoms with Gasteiger partial charge >= 0.3 is 5.97 Å². The van der Waals surface area contributed by atoms with Crippen molar-refractivity contribution >= 4 is 29.5 Å². The van der Waals surface area contributed by atoms with Crippen molar-refractivity contribution in [2.24, 2.45) is 0 Å². The first kappa shape index (κ1) is 32.4. The highest BCUT2D eigenvalue weighted by Gasteiger charge is 2.35. The average molecular weight is 673 g/mol. The third kappa shape index (κ3) is 6.90. The van der Waals surface area contributed by atoms with Gasteiger partial charge in [0, 0.05) is 23.9 Å². The molecular weight excluding hydrogens is 641 g/mol. The number of carbonyl (C=O) groups is 3. The van der Waals surface area contributed by atoms with Gasteiger partial charge < -0.3 is 19.7 Å². The van der Waals surface area contributed by atoms with E-state index in [1.807, 2.05) is 72.8 Å². The number of benzene rings is 4. The van der Waals surface area contributed by atoms with Gasteiger partial charge in [-0.05, 0) is 64.2 Å². The smallest absolute Gasteiger partial charge is 0.338 e. The maximum absolute atomic E-state index is 13.0. The van der Waals surface area contributed by atoms with Crippen LogP contribution >= 0.6 is 11.8 Å². The zero-order chi connectivity index (χ0) is 33.9. The number of fused-ring (bicyclic) bond motifs is 1. The van der Waals surface area contributed by atoms with Gasteiger partial charge in [0.2, 0.25) is 0 Å². The highest BCUT2D eigenvalue weighted by molar-refractivity contribution is 7.99. The topological polar surface area (TPSA) is 126 Å². The number of ether oxygens (including phenoxy) is 2. The Kier molecular flexibility index (Phi) is 9.36. The van der Waals surface area contributed by atoms with E-state index in [2.05, 4.69) is 4.98 Å². The van der Waals surface area contributed by atoms with Crippen LogP contribution in [0.5, 0.6) is 0 Å². The number of nitrogens with zero attached hydrogens (tertiary/aromatic N) is 2. The lowest BCUT2D eigenvalue weighted by Gasteiger charge is -2.36. The number of rotatable bonds is 10. The fourth-order valence-corrected chi connectivity index (χ4v) is 7.15. The summed E-state index contributed by atoms with van der Waals surface area (Å²) in [4.78, 5) is 43.3. The molecule has 1 fully saturated rings. The summed E-state index contributed by atoms with van der Waals surface area (Å²) >= 11 is 1.34. The van der Waals surface area contributed by atoms with Crippen molar-refractivity contribution in [3.05, 3.63) is 154 Å². The standard InChI is InChI=1S/C39H32N2O7S/c42-22-24-13-15-26(16-14-24)34-20-30(23-49-35-33(38(45)46)12-5-17-40-35)47-39(48-34)29-9-4-8-28(19-29)27-7-3-6-25(18-27)21-41-36(43)31-10-1-2-11-32(31)37(41)44/h1-19,30,34,39,42H,20-23H2,(H,45,46). The predicted molar refractivity (Wildman–Crippen MR) is 183 cm³/mol. The Balaban J connectivity index is 1.13. The summed E-state index contributed by atoms with van der Waals surface area (Å²) in [5, 5.41) is 19.6. The highest BCUT2D eigenvalue weighted by atomic mass is 32.2. The maximum Gasteiger partial charge on any atom is 0.338 e. The Labute approximate surface area is 287 Å². The first-order valence-corrected chi connectivity index (χ1v) is 16.8. The van der Waals surface area contributed by atoms with Crippen LogP contribution in [0.2, 0.25) is 0 Å². The molecule has 10 heteroatoms. The van der Waals surface area contributed by atoms with E-state index in [9.17, 15) is 24.6 Å². The van der Waals surface area contributed by atoms with Crippen LogP contribution in [0, 0.1) is 0 Å². The SMILES string of the molecule is O=C(O)c1cccnc1SCC1CC(c2ccc(CO)cc2)OC(c2cccc(-c3cccc(CN4C(=O)c5ccccc5C4=O)c3)c2)O1. The molecule has 3 unspecified atom stereocenters. The van der Waals surface area contributed by atoms with Gasteiger partial charge in [-0.25, -0.2) is 9.78 Å². The number of imide groups is 1. The Morgan fingerprint density at radius 2 is 1.51 bits per heavy atom. The zero-order valence-corrected chi connectivity index (χ0v) is 27.1. The number of pyridine rings is 1. The summed E-state index contributed by atoms with van der Waals surface area (Å²) in [5.41, 5.74) is 6.18. The van der Waals surface area contributed by atoms with E-state index in [0.717, 1.165) is 33.4 Å². The zero-order valence-electron chi connectivity index (χ0n) is 26.3. The van der Waals surface area contributed by atoms with Crippen LogP contribution in [0.1, 0.15) is 72.1 Å². The van der Waals surface area contributed by atoms with Crippen LogP contribution in [0.3, 0.4) is 0 Å². The summed E-state index contributed by atoms with van der Waals surface area (Å²) in [5.74, 6) is -1.17. The van der Waals surface area contributed by atoms with Crippen molar-refractivity contribution in [3.63, 3.8) is 0 Å². The molecule has 2 amide bonds. The molecule has 246 valence electrons. The minimum Gasteiger partial charge on any atom is -0.478 e. The number of hydrogen-bond acceptors (Lipinski definition) is 8. The van der Waals surface area contributed by atoms with Crippen LogP contribution in [0.15, 0.2) is 120 Å². The molecular formula is C39H32N2O7S. The molecule has 1 aromatic heterocycles. The molecule has 2 aliphatic heterocycles. The Bertz CT molecular complexity index is 2000. The predicted octanol–water partition coefficient (Wildman–Crippen LogP) is 7.07. The molecule has 1 saturated heterocycles. The third-order valence-corrected chi connectivity index (χ3v) is 9.80. The molecule has 0 bridgehead atoms. The third-order valence-electron chi connectivity index (χ3n) is 8.66. The Morgan fingerprint density at radius 1 is 0.796 bits per heavy atom.